The number of carbonyl (C=O) groups excluding carboxylic acids is 2. The van der Waals surface area contributed by atoms with Gasteiger partial charge in [0.2, 0.25) is 0 Å². The van der Waals surface area contributed by atoms with E-state index in [-0.39, 0.29) is 5.56 Å². The number of esters is 1. The maximum Gasteiger partial charge on any atom is 0.416 e. The molecule has 4 nitrogen and oxygen atoms in total. The number of nitrogens with one attached hydrogen (secondary N) is 1. The van der Waals surface area contributed by atoms with Gasteiger partial charge >= 0.3 is 12.1 Å². The third kappa shape index (κ3) is 5.22. The van der Waals surface area contributed by atoms with Crippen molar-refractivity contribution in [1.29, 1.82) is 0 Å². The van der Waals surface area contributed by atoms with Crippen LogP contribution in [0.15, 0.2) is 48.5 Å². The van der Waals surface area contributed by atoms with Crippen molar-refractivity contribution < 1.29 is 27.5 Å². The summed E-state index contributed by atoms with van der Waals surface area (Å²) in [6, 6.07) is 10.2. The molecule has 0 radical (unpaired) electrons. The zero-order chi connectivity index (χ0) is 20.1. The number of ether oxygens (including phenoxy) is 1. The van der Waals surface area contributed by atoms with Crippen molar-refractivity contribution in [1.82, 2.24) is 0 Å². The Balaban J connectivity index is 1.50. The van der Waals surface area contributed by atoms with E-state index in [0.717, 1.165) is 37.5 Å². The summed E-state index contributed by atoms with van der Waals surface area (Å²) < 4.78 is 42.8. The number of amides is 1. The average Bonchev–Trinajstić information content (AvgIpc) is 3.12. The van der Waals surface area contributed by atoms with Gasteiger partial charge in [-0.1, -0.05) is 18.2 Å². The summed E-state index contributed by atoms with van der Waals surface area (Å²) in [6.45, 7) is -0.483. The van der Waals surface area contributed by atoms with E-state index in [1.165, 1.54) is 29.3 Å². The van der Waals surface area contributed by atoms with Crippen LogP contribution in [0.4, 0.5) is 18.9 Å². The van der Waals surface area contributed by atoms with Gasteiger partial charge in [0, 0.05) is 11.8 Å². The second-order valence-corrected chi connectivity index (χ2v) is 6.45. The number of rotatable bonds is 5. The van der Waals surface area contributed by atoms with E-state index in [4.69, 9.17) is 4.74 Å². The Bertz CT molecular complexity index is 919. The first-order valence-corrected chi connectivity index (χ1v) is 8.75. The van der Waals surface area contributed by atoms with E-state index in [1.54, 1.807) is 6.07 Å². The Morgan fingerprint density at radius 3 is 2.64 bits per heavy atom. The van der Waals surface area contributed by atoms with Gasteiger partial charge in [0.1, 0.15) is 0 Å². The summed E-state index contributed by atoms with van der Waals surface area (Å²) in [7, 11) is 0. The normalized spacial score (nSPS) is 13.4. The highest BCUT2D eigenvalue weighted by Gasteiger charge is 2.30. The molecule has 1 amide bonds. The lowest BCUT2D eigenvalue weighted by molar-refractivity contribution is -0.142. The third-order valence-corrected chi connectivity index (χ3v) is 4.35. The maximum atomic E-state index is 12.7. The molecule has 0 atom stereocenters. The molecule has 28 heavy (non-hydrogen) atoms. The lowest BCUT2D eigenvalue weighted by Crippen LogP contribution is -2.20. The molecule has 0 unspecified atom stereocenters. The van der Waals surface area contributed by atoms with Crippen molar-refractivity contribution >= 4 is 23.6 Å². The number of carbonyl (C=O) groups is 2. The van der Waals surface area contributed by atoms with Crippen LogP contribution in [0, 0.1) is 0 Å². The van der Waals surface area contributed by atoms with Crippen molar-refractivity contribution in [2.24, 2.45) is 0 Å². The number of fused-ring (bicyclic) bond motifs is 1. The molecule has 3 rings (SSSR count). The van der Waals surface area contributed by atoms with Gasteiger partial charge in [0.05, 0.1) is 5.56 Å². The van der Waals surface area contributed by atoms with Crippen LogP contribution in [0.1, 0.15) is 28.7 Å². The number of anilines is 1. The summed E-state index contributed by atoms with van der Waals surface area (Å²) in [5.74, 6) is -1.31. The van der Waals surface area contributed by atoms with E-state index in [9.17, 15) is 22.8 Å². The Morgan fingerprint density at radius 2 is 1.86 bits per heavy atom. The Hall–Kier alpha value is -3.09. The Morgan fingerprint density at radius 1 is 1.07 bits per heavy atom. The summed E-state index contributed by atoms with van der Waals surface area (Å²) in [6.07, 6.45) is 0.852. The van der Waals surface area contributed by atoms with Crippen LogP contribution in [0.3, 0.4) is 0 Å². The summed E-state index contributed by atoms with van der Waals surface area (Å²) in [5.41, 5.74) is 2.52. The van der Waals surface area contributed by atoms with E-state index in [2.05, 4.69) is 5.32 Å². The van der Waals surface area contributed by atoms with Crippen LogP contribution >= 0.6 is 0 Å². The molecule has 1 aliphatic rings. The van der Waals surface area contributed by atoms with Crippen LogP contribution in [0.2, 0.25) is 0 Å². The number of alkyl halides is 3. The lowest BCUT2D eigenvalue weighted by Gasteiger charge is -2.08. The van der Waals surface area contributed by atoms with Crippen molar-refractivity contribution in [3.05, 3.63) is 70.8 Å². The molecule has 2 aromatic rings. The number of halogens is 3. The van der Waals surface area contributed by atoms with Gasteiger partial charge in [-0.05, 0) is 66.3 Å². The summed E-state index contributed by atoms with van der Waals surface area (Å²) >= 11 is 0. The quantitative estimate of drug-likeness (QED) is 0.610. The van der Waals surface area contributed by atoms with E-state index < -0.39 is 30.2 Å². The topological polar surface area (TPSA) is 55.4 Å². The summed E-state index contributed by atoms with van der Waals surface area (Å²) in [4.78, 5) is 23.6. The predicted octanol–water partition coefficient (Wildman–Crippen LogP) is 4.39. The molecular formula is C21H18F3NO3. The fourth-order valence-electron chi connectivity index (χ4n) is 3.01. The first-order chi connectivity index (χ1) is 13.3. The Labute approximate surface area is 160 Å². The van der Waals surface area contributed by atoms with E-state index in [1.807, 2.05) is 12.1 Å². The van der Waals surface area contributed by atoms with E-state index >= 15 is 0 Å². The maximum absolute atomic E-state index is 12.7. The van der Waals surface area contributed by atoms with Crippen LogP contribution in [0.5, 0.6) is 0 Å². The molecule has 0 heterocycles. The molecule has 0 aliphatic heterocycles. The highest BCUT2D eigenvalue weighted by atomic mass is 19.4. The van der Waals surface area contributed by atoms with Gasteiger partial charge in [0.15, 0.2) is 6.61 Å². The first kappa shape index (κ1) is 19.7. The molecule has 0 saturated heterocycles. The second kappa shape index (κ2) is 8.29. The number of aryl methyl sites for hydroxylation is 2. The van der Waals surface area contributed by atoms with Crippen LogP contribution in [0.25, 0.3) is 6.08 Å². The van der Waals surface area contributed by atoms with Crippen molar-refractivity contribution in [3.8, 4) is 0 Å². The molecule has 146 valence electrons. The minimum atomic E-state index is -4.46. The minimum absolute atomic E-state index is 0.203. The molecular weight excluding hydrogens is 371 g/mol. The fourth-order valence-corrected chi connectivity index (χ4v) is 3.01. The standard InChI is InChI=1S/C21H18F3NO3/c22-21(23,24)17-6-1-3-14(11-17)7-10-20(27)28-13-19(26)25-18-9-8-15-4-2-5-16(15)12-18/h1,3,6-12H,2,4-5,13H2,(H,25,26)/b10-7+. The highest BCUT2D eigenvalue weighted by Crippen LogP contribution is 2.29. The predicted molar refractivity (Wildman–Crippen MR) is 98.5 cm³/mol. The molecule has 0 aromatic heterocycles. The number of hydrogen-bond donors (Lipinski definition) is 1. The average molecular weight is 389 g/mol. The molecule has 2 aromatic carbocycles. The summed E-state index contributed by atoms with van der Waals surface area (Å²) in [5, 5.41) is 2.66. The first-order valence-electron chi connectivity index (χ1n) is 8.75. The van der Waals surface area contributed by atoms with Crippen LogP contribution < -0.4 is 5.32 Å². The minimum Gasteiger partial charge on any atom is -0.452 e. The van der Waals surface area contributed by atoms with E-state index in [0.29, 0.717) is 5.69 Å². The number of benzene rings is 2. The molecule has 1 aliphatic carbocycles. The molecule has 0 saturated carbocycles. The van der Waals surface area contributed by atoms with Gasteiger partial charge in [0.25, 0.3) is 5.91 Å². The monoisotopic (exact) mass is 389 g/mol. The largest absolute Gasteiger partial charge is 0.452 e. The van der Waals surface area contributed by atoms with Gasteiger partial charge in [-0.3, -0.25) is 4.79 Å². The van der Waals surface area contributed by atoms with Gasteiger partial charge in [-0.25, -0.2) is 4.79 Å². The van der Waals surface area contributed by atoms with Crippen molar-refractivity contribution in [3.63, 3.8) is 0 Å². The van der Waals surface area contributed by atoms with Crippen molar-refractivity contribution in [2.45, 2.75) is 25.4 Å². The van der Waals surface area contributed by atoms with Crippen LogP contribution in [-0.2, 0) is 33.3 Å². The van der Waals surface area contributed by atoms with Gasteiger partial charge in [-0.15, -0.1) is 0 Å². The van der Waals surface area contributed by atoms with Gasteiger partial charge < -0.3 is 10.1 Å². The van der Waals surface area contributed by atoms with Crippen molar-refractivity contribution in [2.75, 3.05) is 11.9 Å². The number of hydrogen-bond acceptors (Lipinski definition) is 3. The zero-order valence-corrected chi connectivity index (χ0v) is 14.9. The Kier molecular flexibility index (Phi) is 5.82. The molecule has 0 bridgehead atoms. The molecule has 0 spiro atoms. The molecule has 1 N–H and O–H groups in total. The zero-order valence-electron chi connectivity index (χ0n) is 14.9. The molecule has 0 fully saturated rings. The molecule has 7 heteroatoms. The van der Waals surface area contributed by atoms with Crippen LogP contribution in [-0.4, -0.2) is 18.5 Å². The fraction of sp³-hybridized carbons (Fsp3) is 0.238. The lowest BCUT2D eigenvalue weighted by atomic mass is 10.1. The SMILES string of the molecule is O=C(COC(=O)/C=C/c1cccc(C(F)(F)F)c1)Nc1ccc2c(c1)CCC2. The van der Waals surface area contributed by atoms with Gasteiger partial charge in [-0.2, -0.15) is 13.2 Å². The smallest absolute Gasteiger partial charge is 0.416 e. The highest BCUT2D eigenvalue weighted by molar-refractivity contribution is 5.94. The second-order valence-electron chi connectivity index (χ2n) is 6.45. The third-order valence-electron chi connectivity index (χ3n) is 4.35.